The number of H-pyrrole nitrogens is 1. The van der Waals surface area contributed by atoms with Crippen LogP contribution >= 0.6 is 11.3 Å². The molecule has 0 spiro atoms. The Kier molecular flexibility index (Phi) is 5.90. The third kappa shape index (κ3) is 4.12. The van der Waals surface area contributed by atoms with Crippen LogP contribution in [0.2, 0.25) is 0 Å². The summed E-state index contributed by atoms with van der Waals surface area (Å²) in [5.74, 6) is -0.467. The van der Waals surface area contributed by atoms with Crippen LogP contribution in [0.3, 0.4) is 0 Å². The Hall–Kier alpha value is -2.21. The monoisotopic (exact) mass is 535 g/mol. The summed E-state index contributed by atoms with van der Waals surface area (Å²) >= 11 is 1.17. The molecule has 188 valence electrons. The lowest BCUT2D eigenvalue weighted by atomic mass is 9.86. The summed E-state index contributed by atoms with van der Waals surface area (Å²) in [7, 11) is -6.71. The first-order valence-corrected chi connectivity index (χ1v) is 15.6. The standard InChI is InChI=1S/C24H29N3O5S3/c1-24(2)12-15(5-8-34(24,29)30)20-13-26-22-18(20)9-16(10-19(22)23(25)28)17-11-21(33-14-17)35(31,32)27-6-3-4-7-27/h9-11,13-15,26H,3-8,12H2,1-2H3,(H2,25,28). The molecular weight excluding hydrogens is 506 g/mol. The number of rotatable bonds is 5. The normalized spacial score (nSPS) is 22.5. The Morgan fingerprint density at radius 1 is 1.17 bits per heavy atom. The highest BCUT2D eigenvalue weighted by molar-refractivity contribution is 7.92. The minimum absolute atomic E-state index is 0.00633. The van der Waals surface area contributed by atoms with Gasteiger partial charge in [-0.2, -0.15) is 4.31 Å². The maximum Gasteiger partial charge on any atom is 0.252 e. The summed E-state index contributed by atoms with van der Waals surface area (Å²) in [6.07, 6.45) is 4.56. The van der Waals surface area contributed by atoms with E-state index in [0.29, 0.717) is 48.1 Å². The number of nitrogens with zero attached hydrogens (tertiary/aromatic N) is 1. The first-order valence-electron chi connectivity index (χ1n) is 11.7. The Morgan fingerprint density at radius 2 is 1.89 bits per heavy atom. The third-order valence-electron chi connectivity index (χ3n) is 7.41. The van der Waals surface area contributed by atoms with E-state index in [0.717, 1.165) is 23.8 Å². The number of fused-ring (bicyclic) bond motifs is 1. The second-order valence-electron chi connectivity index (χ2n) is 10.1. The summed E-state index contributed by atoms with van der Waals surface area (Å²) < 4.78 is 52.0. The molecule has 0 radical (unpaired) electrons. The first kappa shape index (κ1) is 24.5. The van der Waals surface area contributed by atoms with Crippen molar-refractivity contribution in [3.8, 4) is 11.1 Å². The fraction of sp³-hybridized carbons (Fsp3) is 0.458. The molecule has 1 amide bonds. The van der Waals surface area contributed by atoms with Gasteiger partial charge in [-0.1, -0.05) is 0 Å². The molecule has 8 nitrogen and oxygen atoms in total. The number of benzene rings is 1. The fourth-order valence-corrected chi connectivity index (χ4v) is 9.73. The van der Waals surface area contributed by atoms with Crippen molar-refractivity contribution < 1.29 is 21.6 Å². The largest absolute Gasteiger partial charge is 0.366 e. The first-order chi connectivity index (χ1) is 16.4. The van der Waals surface area contributed by atoms with Crippen molar-refractivity contribution in [3.63, 3.8) is 0 Å². The summed E-state index contributed by atoms with van der Waals surface area (Å²) in [5, 5.41) is 2.60. The van der Waals surface area contributed by atoms with Crippen molar-refractivity contribution in [2.75, 3.05) is 18.8 Å². The van der Waals surface area contributed by atoms with Crippen LogP contribution in [0.25, 0.3) is 22.0 Å². The van der Waals surface area contributed by atoms with Gasteiger partial charge in [0.2, 0.25) is 0 Å². The Labute approximate surface area is 209 Å². The summed E-state index contributed by atoms with van der Waals surface area (Å²) in [6.45, 7) is 4.59. The average Bonchev–Trinajstić information content (AvgIpc) is 3.55. The molecule has 5 rings (SSSR count). The number of aromatic amines is 1. The smallest absolute Gasteiger partial charge is 0.252 e. The molecule has 2 aliphatic heterocycles. The van der Waals surface area contributed by atoms with E-state index in [-0.39, 0.29) is 15.9 Å². The fourth-order valence-electron chi connectivity index (χ4n) is 5.27. The third-order valence-corrected chi connectivity index (χ3v) is 13.3. The van der Waals surface area contributed by atoms with Gasteiger partial charge in [-0.25, -0.2) is 16.8 Å². The van der Waals surface area contributed by atoms with E-state index in [9.17, 15) is 21.6 Å². The second kappa shape index (κ2) is 8.43. The zero-order valence-electron chi connectivity index (χ0n) is 19.7. The number of hydrogen-bond acceptors (Lipinski definition) is 6. The van der Waals surface area contributed by atoms with Gasteiger partial charge in [-0.3, -0.25) is 4.79 Å². The van der Waals surface area contributed by atoms with Crippen LogP contribution in [0.15, 0.2) is 34.0 Å². The summed E-state index contributed by atoms with van der Waals surface area (Å²) in [4.78, 5) is 15.5. The molecule has 3 N–H and O–H groups in total. The molecule has 1 atom stereocenters. The number of amides is 1. The van der Waals surface area contributed by atoms with Crippen molar-refractivity contribution in [2.24, 2.45) is 5.73 Å². The SMILES string of the molecule is CC1(C)CC(c2c[nH]c3c(C(N)=O)cc(-c4csc(S(=O)(=O)N5CCCC5)c4)cc23)CCS1(=O)=O. The number of nitrogens with two attached hydrogens (primary N) is 1. The number of sulfone groups is 1. The highest BCUT2D eigenvalue weighted by Crippen LogP contribution is 2.43. The van der Waals surface area contributed by atoms with Gasteiger partial charge in [0.15, 0.2) is 9.84 Å². The Morgan fingerprint density at radius 3 is 2.54 bits per heavy atom. The molecule has 2 fully saturated rings. The molecule has 1 aromatic carbocycles. The predicted octanol–water partition coefficient (Wildman–Crippen LogP) is 3.85. The minimum atomic E-state index is -3.54. The van der Waals surface area contributed by atoms with Gasteiger partial charge in [0.1, 0.15) is 4.21 Å². The van der Waals surface area contributed by atoms with E-state index in [1.165, 1.54) is 15.6 Å². The molecule has 1 unspecified atom stereocenters. The molecule has 0 saturated carbocycles. The van der Waals surface area contributed by atoms with E-state index in [1.807, 2.05) is 12.3 Å². The zero-order valence-corrected chi connectivity index (χ0v) is 22.2. The Bertz CT molecular complexity index is 1530. The lowest BCUT2D eigenvalue weighted by Crippen LogP contribution is -2.40. The minimum Gasteiger partial charge on any atom is -0.366 e. The molecule has 2 aromatic heterocycles. The van der Waals surface area contributed by atoms with Crippen LogP contribution in [0.4, 0.5) is 0 Å². The van der Waals surface area contributed by atoms with Crippen LogP contribution in [-0.4, -0.2) is 55.6 Å². The molecule has 0 bridgehead atoms. The van der Waals surface area contributed by atoms with Crippen molar-refractivity contribution in [1.29, 1.82) is 0 Å². The Balaban J connectivity index is 1.58. The van der Waals surface area contributed by atoms with E-state index in [4.69, 9.17) is 5.73 Å². The molecule has 0 aliphatic carbocycles. The van der Waals surface area contributed by atoms with Crippen molar-refractivity contribution in [2.45, 2.75) is 54.4 Å². The van der Waals surface area contributed by atoms with Crippen LogP contribution in [0.1, 0.15) is 61.4 Å². The van der Waals surface area contributed by atoms with E-state index in [2.05, 4.69) is 4.98 Å². The quantitative estimate of drug-likeness (QED) is 0.512. The molecule has 11 heteroatoms. The summed E-state index contributed by atoms with van der Waals surface area (Å²) in [5.41, 5.74) is 9.01. The molecule has 2 aliphatic rings. The van der Waals surface area contributed by atoms with Gasteiger partial charge >= 0.3 is 0 Å². The van der Waals surface area contributed by atoms with Gasteiger partial charge in [-0.05, 0) is 85.7 Å². The van der Waals surface area contributed by atoms with Crippen LogP contribution in [-0.2, 0) is 19.9 Å². The van der Waals surface area contributed by atoms with Gasteiger partial charge in [0.05, 0.1) is 21.6 Å². The van der Waals surface area contributed by atoms with Crippen LogP contribution < -0.4 is 5.73 Å². The molecule has 4 heterocycles. The lowest BCUT2D eigenvalue weighted by molar-refractivity contribution is 0.100. The highest BCUT2D eigenvalue weighted by atomic mass is 32.2. The average molecular weight is 536 g/mol. The van der Waals surface area contributed by atoms with Crippen molar-refractivity contribution in [1.82, 2.24) is 9.29 Å². The number of thiophene rings is 1. The maximum atomic E-state index is 13.0. The molecular formula is C24H29N3O5S3. The molecule has 2 saturated heterocycles. The van der Waals surface area contributed by atoms with Crippen LogP contribution in [0.5, 0.6) is 0 Å². The highest BCUT2D eigenvalue weighted by Gasteiger charge is 2.42. The maximum absolute atomic E-state index is 13.0. The second-order valence-corrected chi connectivity index (χ2v) is 15.9. The van der Waals surface area contributed by atoms with Crippen LogP contribution in [0, 0.1) is 0 Å². The molecule has 3 aromatic rings. The number of hydrogen-bond donors (Lipinski definition) is 2. The number of carbonyl (C=O) groups is 1. The lowest BCUT2D eigenvalue weighted by Gasteiger charge is -2.34. The molecule has 35 heavy (non-hydrogen) atoms. The van der Waals surface area contributed by atoms with Gasteiger partial charge in [0.25, 0.3) is 15.9 Å². The number of aromatic nitrogens is 1. The van der Waals surface area contributed by atoms with Crippen molar-refractivity contribution in [3.05, 3.63) is 40.9 Å². The van der Waals surface area contributed by atoms with Gasteiger partial charge in [-0.15, -0.1) is 11.3 Å². The van der Waals surface area contributed by atoms with E-state index < -0.39 is 30.5 Å². The number of sulfonamides is 1. The number of carbonyl (C=O) groups excluding carboxylic acids is 1. The van der Waals surface area contributed by atoms with Gasteiger partial charge in [0, 0.05) is 24.7 Å². The predicted molar refractivity (Wildman–Crippen MR) is 138 cm³/mol. The van der Waals surface area contributed by atoms with E-state index in [1.54, 1.807) is 31.4 Å². The van der Waals surface area contributed by atoms with Crippen molar-refractivity contribution >= 4 is 48.0 Å². The summed E-state index contributed by atoms with van der Waals surface area (Å²) in [6, 6.07) is 5.29. The van der Waals surface area contributed by atoms with Gasteiger partial charge < -0.3 is 10.7 Å². The topological polar surface area (TPSA) is 130 Å². The number of nitrogens with one attached hydrogen (secondary N) is 1. The van der Waals surface area contributed by atoms with E-state index >= 15 is 0 Å². The zero-order chi connectivity index (χ0) is 25.2. The number of primary amides is 1.